The first-order valence-electron chi connectivity index (χ1n) is 4.35. The van der Waals surface area contributed by atoms with Crippen molar-refractivity contribution < 1.29 is 4.79 Å². The lowest BCUT2D eigenvalue weighted by Gasteiger charge is -2.12. The number of rotatable bonds is 4. The average molecular weight is 178 g/mol. The summed E-state index contributed by atoms with van der Waals surface area (Å²) in [7, 11) is 0. The Bertz CT molecular complexity index is 247. The number of terminal acetylenes is 1. The summed E-state index contributed by atoms with van der Waals surface area (Å²) in [5.74, 6) is 1.59. The van der Waals surface area contributed by atoms with Gasteiger partial charge >= 0.3 is 0 Å². The number of nitriles is 1. The van der Waals surface area contributed by atoms with E-state index < -0.39 is 5.92 Å². The van der Waals surface area contributed by atoms with Gasteiger partial charge < -0.3 is 5.32 Å². The second-order valence-corrected chi connectivity index (χ2v) is 2.73. The molecular formula is C10H14N2O. The second kappa shape index (κ2) is 6.08. The van der Waals surface area contributed by atoms with Gasteiger partial charge in [0.1, 0.15) is 5.92 Å². The van der Waals surface area contributed by atoms with Gasteiger partial charge in [-0.1, -0.05) is 19.8 Å². The fourth-order valence-corrected chi connectivity index (χ4v) is 0.869. The molecule has 0 bridgehead atoms. The first-order chi connectivity index (χ1) is 6.19. The Morgan fingerprint density at radius 3 is 2.46 bits per heavy atom. The minimum Gasteiger partial charge on any atom is -0.341 e. The molecule has 70 valence electrons. The first kappa shape index (κ1) is 11.5. The lowest BCUT2D eigenvalue weighted by Crippen LogP contribution is -2.37. The van der Waals surface area contributed by atoms with Gasteiger partial charge in [0.15, 0.2) is 0 Å². The van der Waals surface area contributed by atoms with Crippen LogP contribution in [-0.2, 0) is 4.79 Å². The van der Waals surface area contributed by atoms with Crippen molar-refractivity contribution in [2.45, 2.75) is 32.7 Å². The zero-order valence-electron chi connectivity index (χ0n) is 8.00. The highest BCUT2D eigenvalue weighted by Crippen LogP contribution is 2.01. The number of nitrogens with zero attached hydrogens (tertiary/aromatic N) is 1. The quantitative estimate of drug-likeness (QED) is 0.654. The van der Waals surface area contributed by atoms with Gasteiger partial charge in [-0.05, 0) is 12.8 Å². The average Bonchev–Trinajstić information content (AvgIpc) is 2.16. The molecule has 0 saturated heterocycles. The summed E-state index contributed by atoms with van der Waals surface area (Å²) in [5.41, 5.74) is 0. The Balaban J connectivity index is 4.15. The summed E-state index contributed by atoms with van der Waals surface area (Å²) in [6, 6.07) is 1.67. The van der Waals surface area contributed by atoms with Gasteiger partial charge in [0.2, 0.25) is 5.91 Å². The van der Waals surface area contributed by atoms with E-state index in [2.05, 4.69) is 11.2 Å². The molecule has 13 heavy (non-hydrogen) atoms. The van der Waals surface area contributed by atoms with E-state index in [-0.39, 0.29) is 11.9 Å². The van der Waals surface area contributed by atoms with Crippen LogP contribution in [0.25, 0.3) is 0 Å². The summed E-state index contributed by atoms with van der Waals surface area (Å²) in [6.07, 6.45) is 6.37. The van der Waals surface area contributed by atoms with Gasteiger partial charge in [0, 0.05) is 0 Å². The topological polar surface area (TPSA) is 52.9 Å². The van der Waals surface area contributed by atoms with E-state index in [0.717, 1.165) is 0 Å². The fraction of sp³-hybridized carbons (Fsp3) is 0.600. The van der Waals surface area contributed by atoms with E-state index in [9.17, 15) is 4.79 Å². The Morgan fingerprint density at radius 1 is 1.54 bits per heavy atom. The summed E-state index contributed by atoms with van der Waals surface area (Å²) in [5, 5.41) is 11.2. The van der Waals surface area contributed by atoms with Gasteiger partial charge in [-0.3, -0.25) is 4.79 Å². The van der Waals surface area contributed by atoms with E-state index in [4.69, 9.17) is 11.7 Å². The fourth-order valence-electron chi connectivity index (χ4n) is 0.869. The standard InChI is InChI=1S/C10H14N2O/c1-4-8(7-11)10(13)12-9(5-2)6-3/h2,8-9H,4,6H2,1,3H3,(H,12,13). The van der Waals surface area contributed by atoms with Crippen LogP contribution < -0.4 is 5.32 Å². The Labute approximate surface area is 79.1 Å². The van der Waals surface area contributed by atoms with Gasteiger partial charge in [0.25, 0.3) is 0 Å². The highest BCUT2D eigenvalue weighted by atomic mass is 16.1. The molecule has 0 aliphatic rings. The number of carbonyl (C=O) groups excluding carboxylic acids is 1. The molecule has 0 heterocycles. The third-order valence-corrected chi connectivity index (χ3v) is 1.81. The van der Waals surface area contributed by atoms with Crippen molar-refractivity contribution in [1.29, 1.82) is 5.26 Å². The molecule has 0 rings (SSSR count). The Hall–Kier alpha value is -1.48. The lowest BCUT2D eigenvalue weighted by atomic mass is 10.1. The minimum absolute atomic E-state index is 0.255. The molecule has 1 amide bonds. The highest BCUT2D eigenvalue weighted by Gasteiger charge is 2.17. The maximum Gasteiger partial charge on any atom is 0.238 e. The molecule has 3 nitrogen and oxygen atoms in total. The molecule has 0 spiro atoms. The molecule has 0 aromatic carbocycles. The molecule has 2 atom stereocenters. The van der Waals surface area contributed by atoms with Crippen LogP contribution >= 0.6 is 0 Å². The van der Waals surface area contributed by atoms with E-state index >= 15 is 0 Å². The largest absolute Gasteiger partial charge is 0.341 e. The van der Waals surface area contributed by atoms with Crippen LogP contribution in [0.1, 0.15) is 26.7 Å². The van der Waals surface area contributed by atoms with Crippen LogP contribution in [0.5, 0.6) is 0 Å². The molecule has 1 N–H and O–H groups in total. The molecular weight excluding hydrogens is 164 g/mol. The van der Waals surface area contributed by atoms with Crippen molar-refractivity contribution in [1.82, 2.24) is 5.32 Å². The van der Waals surface area contributed by atoms with E-state index in [1.165, 1.54) is 0 Å². The van der Waals surface area contributed by atoms with Gasteiger partial charge in [-0.2, -0.15) is 5.26 Å². The SMILES string of the molecule is C#CC(CC)NC(=O)C(C#N)CC. The molecule has 3 heteroatoms. The zero-order valence-corrected chi connectivity index (χ0v) is 8.00. The predicted molar refractivity (Wildman–Crippen MR) is 50.4 cm³/mol. The molecule has 0 aliphatic heterocycles. The summed E-state index contributed by atoms with van der Waals surface area (Å²) < 4.78 is 0. The first-order valence-corrected chi connectivity index (χ1v) is 4.35. The normalized spacial score (nSPS) is 13.5. The van der Waals surface area contributed by atoms with Crippen LogP contribution in [0.2, 0.25) is 0 Å². The maximum absolute atomic E-state index is 11.3. The molecule has 0 aliphatic carbocycles. The molecule has 0 fully saturated rings. The van der Waals surface area contributed by atoms with Crippen LogP contribution in [0.4, 0.5) is 0 Å². The maximum atomic E-state index is 11.3. The number of carbonyl (C=O) groups is 1. The molecule has 0 aromatic rings. The van der Waals surface area contributed by atoms with Crippen molar-refractivity contribution in [2.75, 3.05) is 0 Å². The van der Waals surface area contributed by atoms with Crippen molar-refractivity contribution >= 4 is 5.91 Å². The summed E-state index contributed by atoms with van der Waals surface area (Å²) in [6.45, 7) is 3.68. The number of hydrogen-bond acceptors (Lipinski definition) is 2. The lowest BCUT2D eigenvalue weighted by molar-refractivity contribution is -0.123. The van der Waals surface area contributed by atoms with Crippen molar-refractivity contribution in [3.05, 3.63) is 0 Å². The Morgan fingerprint density at radius 2 is 2.15 bits per heavy atom. The van der Waals surface area contributed by atoms with Gasteiger partial charge in [-0.25, -0.2) is 0 Å². The second-order valence-electron chi connectivity index (χ2n) is 2.73. The number of nitrogens with one attached hydrogen (secondary N) is 1. The third kappa shape index (κ3) is 3.62. The smallest absolute Gasteiger partial charge is 0.238 e. The zero-order chi connectivity index (χ0) is 10.3. The van der Waals surface area contributed by atoms with Gasteiger partial charge in [0.05, 0.1) is 12.1 Å². The van der Waals surface area contributed by atoms with Crippen LogP contribution in [0.15, 0.2) is 0 Å². The van der Waals surface area contributed by atoms with Gasteiger partial charge in [-0.15, -0.1) is 6.42 Å². The third-order valence-electron chi connectivity index (χ3n) is 1.81. The summed E-state index contributed by atoms with van der Waals surface area (Å²) >= 11 is 0. The molecule has 0 saturated carbocycles. The minimum atomic E-state index is -0.581. The predicted octanol–water partition coefficient (Wildman–Crippen LogP) is 1.06. The van der Waals surface area contributed by atoms with Crippen LogP contribution in [0, 0.1) is 29.6 Å². The summed E-state index contributed by atoms with van der Waals surface area (Å²) in [4.78, 5) is 11.3. The number of hydrogen-bond donors (Lipinski definition) is 1. The molecule has 0 aromatic heterocycles. The Kier molecular flexibility index (Phi) is 5.39. The molecule has 2 unspecified atom stereocenters. The van der Waals surface area contributed by atoms with Crippen LogP contribution in [0.3, 0.4) is 0 Å². The molecule has 0 radical (unpaired) electrons. The van der Waals surface area contributed by atoms with E-state index in [0.29, 0.717) is 12.8 Å². The highest BCUT2D eigenvalue weighted by molar-refractivity contribution is 5.81. The van der Waals surface area contributed by atoms with Crippen molar-refractivity contribution in [3.8, 4) is 18.4 Å². The number of amides is 1. The van der Waals surface area contributed by atoms with Crippen molar-refractivity contribution in [3.63, 3.8) is 0 Å². The van der Waals surface area contributed by atoms with E-state index in [1.54, 1.807) is 6.92 Å². The van der Waals surface area contributed by atoms with E-state index in [1.807, 2.05) is 13.0 Å². The van der Waals surface area contributed by atoms with Crippen molar-refractivity contribution in [2.24, 2.45) is 5.92 Å². The monoisotopic (exact) mass is 178 g/mol. The van der Waals surface area contributed by atoms with Crippen LogP contribution in [-0.4, -0.2) is 11.9 Å².